The van der Waals surface area contributed by atoms with Gasteiger partial charge in [0.1, 0.15) is 0 Å². The van der Waals surface area contributed by atoms with Crippen molar-refractivity contribution in [3.8, 4) is 0 Å². The van der Waals surface area contributed by atoms with E-state index in [2.05, 4.69) is 4.74 Å². The Morgan fingerprint density at radius 3 is 2.70 bits per heavy atom. The summed E-state index contributed by atoms with van der Waals surface area (Å²) in [4.78, 5) is 18.7. The minimum Gasteiger partial charge on any atom is -0.469 e. The lowest BCUT2D eigenvalue weighted by molar-refractivity contribution is -0.140. The quantitative estimate of drug-likeness (QED) is 0.491. The maximum absolute atomic E-state index is 10.4. The Labute approximate surface area is 60.1 Å². The molecule has 0 bridgehead atoms. The van der Waals surface area contributed by atoms with Crippen molar-refractivity contribution in [2.45, 2.75) is 12.8 Å². The van der Waals surface area contributed by atoms with E-state index in [1.807, 2.05) is 0 Å². The summed E-state index contributed by atoms with van der Waals surface area (Å²) < 4.78 is 14.4. The molecule has 0 spiro atoms. The van der Waals surface area contributed by atoms with Gasteiger partial charge in [0.2, 0.25) is 0 Å². The zero-order valence-corrected chi connectivity index (χ0v) is 6.63. The molecule has 0 aromatic carbocycles. The smallest absolute Gasteiger partial charge is 0.469 e. The molecule has 4 nitrogen and oxygen atoms in total. The van der Waals surface area contributed by atoms with Gasteiger partial charge < -0.3 is 4.74 Å². The largest absolute Gasteiger partial charge is 0.505 e. The molecule has 0 saturated heterocycles. The van der Waals surface area contributed by atoms with Gasteiger partial charge in [-0.2, -0.15) is 4.89 Å². The van der Waals surface area contributed by atoms with Crippen molar-refractivity contribution >= 4 is 14.0 Å². The second-order valence-electron chi connectivity index (χ2n) is 1.76. The van der Waals surface area contributed by atoms with Crippen molar-refractivity contribution in [2.24, 2.45) is 0 Å². The van der Waals surface area contributed by atoms with E-state index in [0.717, 1.165) is 0 Å². The molecule has 0 radical (unpaired) electrons. The molecule has 5 heteroatoms. The van der Waals surface area contributed by atoms with E-state index in [-0.39, 0.29) is 18.6 Å². The van der Waals surface area contributed by atoms with E-state index >= 15 is 0 Å². The Hall–Kier alpha value is -0.470. The molecule has 0 aromatic heterocycles. The zero-order valence-electron chi connectivity index (χ0n) is 5.74. The minimum absolute atomic E-state index is 0.171. The van der Waals surface area contributed by atoms with Gasteiger partial charge >= 0.3 is 14.0 Å². The van der Waals surface area contributed by atoms with Gasteiger partial charge in [0.25, 0.3) is 0 Å². The third kappa shape index (κ3) is 5.66. The van der Waals surface area contributed by atoms with Crippen molar-refractivity contribution in [3.05, 3.63) is 0 Å². The first kappa shape index (κ1) is 9.53. The summed E-state index contributed by atoms with van der Waals surface area (Å²) in [6.45, 7) is 0. The molecule has 0 amide bonds. The third-order valence-corrected chi connectivity index (χ3v) is 1.66. The van der Waals surface area contributed by atoms with Crippen LogP contribution in [0.1, 0.15) is 12.8 Å². The predicted molar refractivity (Wildman–Crippen MR) is 35.9 cm³/mol. The molecule has 1 N–H and O–H groups in total. The number of methoxy groups -OCH3 is 1. The second kappa shape index (κ2) is 5.33. The van der Waals surface area contributed by atoms with Crippen molar-refractivity contribution in [1.29, 1.82) is 0 Å². The van der Waals surface area contributed by atoms with Crippen molar-refractivity contribution in [3.63, 3.8) is 0 Å². The van der Waals surface area contributed by atoms with E-state index in [1.165, 1.54) is 7.11 Å². The highest BCUT2D eigenvalue weighted by Crippen LogP contribution is 2.14. The SMILES string of the molecule is COC(=O)CCC[P+](=O)O. The van der Waals surface area contributed by atoms with Gasteiger partial charge in [-0.15, -0.1) is 0 Å². The number of hydrogen-bond acceptors (Lipinski definition) is 3. The molecule has 0 saturated carbocycles. The number of carbonyl (C=O) groups excluding carboxylic acids is 1. The van der Waals surface area contributed by atoms with E-state index in [1.54, 1.807) is 0 Å². The molecule has 0 aliphatic carbocycles. The topological polar surface area (TPSA) is 63.6 Å². The summed E-state index contributed by atoms with van der Waals surface area (Å²) in [6, 6.07) is 0. The van der Waals surface area contributed by atoms with Gasteiger partial charge in [-0.1, -0.05) is 0 Å². The van der Waals surface area contributed by atoms with Gasteiger partial charge in [-0.25, -0.2) is 0 Å². The Kier molecular flexibility index (Phi) is 5.08. The Morgan fingerprint density at radius 2 is 2.30 bits per heavy atom. The summed E-state index contributed by atoms with van der Waals surface area (Å²) in [5.41, 5.74) is 0. The molecular formula is C5H10O4P+. The van der Waals surface area contributed by atoms with E-state index < -0.39 is 8.03 Å². The van der Waals surface area contributed by atoms with Crippen LogP contribution < -0.4 is 0 Å². The van der Waals surface area contributed by atoms with Crippen molar-refractivity contribution in [1.82, 2.24) is 0 Å². The van der Waals surface area contributed by atoms with Gasteiger partial charge in [0.05, 0.1) is 7.11 Å². The average Bonchev–Trinajstić information content (AvgIpc) is 1.87. The number of hydrogen-bond donors (Lipinski definition) is 1. The van der Waals surface area contributed by atoms with Crippen LogP contribution in [0.3, 0.4) is 0 Å². The first-order chi connectivity index (χ1) is 4.66. The molecular weight excluding hydrogens is 155 g/mol. The first-order valence-electron chi connectivity index (χ1n) is 2.87. The highest BCUT2D eigenvalue weighted by atomic mass is 31.1. The highest BCUT2D eigenvalue weighted by Gasteiger charge is 2.10. The fourth-order valence-corrected chi connectivity index (χ4v) is 0.889. The normalized spacial score (nSPS) is 10.8. The Balaban J connectivity index is 3.20. The molecule has 10 heavy (non-hydrogen) atoms. The lowest BCUT2D eigenvalue weighted by Crippen LogP contribution is -1.99. The molecule has 0 fully saturated rings. The van der Waals surface area contributed by atoms with Crippen LogP contribution in [0.15, 0.2) is 0 Å². The fraction of sp³-hybridized carbons (Fsp3) is 0.800. The molecule has 0 heterocycles. The summed E-state index contributed by atoms with van der Waals surface area (Å²) in [7, 11) is -0.801. The van der Waals surface area contributed by atoms with Crippen LogP contribution in [-0.2, 0) is 14.1 Å². The summed E-state index contributed by atoms with van der Waals surface area (Å²) >= 11 is 0. The molecule has 0 aromatic rings. The van der Waals surface area contributed by atoms with Gasteiger partial charge in [-0.05, 0) is 4.57 Å². The summed E-state index contributed by atoms with van der Waals surface area (Å²) in [5.74, 6) is -0.336. The number of esters is 1. The second-order valence-corrected chi connectivity index (χ2v) is 2.91. The van der Waals surface area contributed by atoms with Crippen LogP contribution in [0.4, 0.5) is 0 Å². The van der Waals surface area contributed by atoms with Gasteiger partial charge in [-0.3, -0.25) is 4.79 Å². The molecule has 1 unspecified atom stereocenters. The highest BCUT2D eigenvalue weighted by molar-refractivity contribution is 7.37. The molecule has 58 valence electrons. The van der Waals surface area contributed by atoms with Gasteiger partial charge in [0.15, 0.2) is 6.16 Å². The predicted octanol–water partition coefficient (Wildman–Crippen LogP) is 0.674. The van der Waals surface area contributed by atoms with Crippen molar-refractivity contribution < 1.29 is 19.0 Å². The zero-order chi connectivity index (χ0) is 7.98. The van der Waals surface area contributed by atoms with Crippen LogP contribution >= 0.6 is 8.03 Å². The van der Waals surface area contributed by atoms with Gasteiger partial charge in [0, 0.05) is 12.8 Å². The van der Waals surface area contributed by atoms with E-state index in [0.29, 0.717) is 6.42 Å². The average molecular weight is 165 g/mol. The van der Waals surface area contributed by atoms with Crippen molar-refractivity contribution in [2.75, 3.05) is 13.3 Å². The maximum Gasteiger partial charge on any atom is 0.505 e. The minimum atomic E-state index is -2.09. The monoisotopic (exact) mass is 165 g/mol. The molecule has 0 aliphatic heterocycles. The third-order valence-electron chi connectivity index (χ3n) is 0.958. The standard InChI is InChI=1S/C5H9O4P/c1-9-5(6)3-2-4-10(7)8/h2-4H2,1H3/p+1. The summed E-state index contributed by atoms with van der Waals surface area (Å²) in [5, 5.41) is 0. The molecule has 1 atom stereocenters. The lowest BCUT2D eigenvalue weighted by atomic mass is 10.3. The van der Waals surface area contributed by atoms with Crippen LogP contribution in [0.25, 0.3) is 0 Å². The van der Waals surface area contributed by atoms with E-state index in [9.17, 15) is 9.36 Å². The number of rotatable bonds is 4. The van der Waals surface area contributed by atoms with Crippen LogP contribution in [0, 0.1) is 0 Å². The first-order valence-corrected chi connectivity index (χ1v) is 4.27. The number of carbonyl (C=O) groups is 1. The molecule has 0 rings (SSSR count). The molecule has 0 aliphatic rings. The van der Waals surface area contributed by atoms with E-state index in [4.69, 9.17) is 4.89 Å². The summed E-state index contributed by atoms with van der Waals surface area (Å²) in [6.07, 6.45) is 0.806. The lowest BCUT2D eigenvalue weighted by Gasteiger charge is -1.92. The van der Waals surface area contributed by atoms with Crippen LogP contribution in [0.5, 0.6) is 0 Å². The number of ether oxygens (including phenoxy) is 1. The fourth-order valence-electron chi connectivity index (χ4n) is 0.461. The van der Waals surface area contributed by atoms with Crippen LogP contribution in [0.2, 0.25) is 0 Å². The Morgan fingerprint density at radius 1 is 1.70 bits per heavy atom. The van der Waals surface area contributed by atoms with Crippen LogP contribution in [-0.4, -0.2) is 24.1 Å². The maximum atomic E-state index is 10.4. The Bertz CT molecular complexity index is 134.